The molecule has 2 aliphatic rings. The van der Waals surface area contributed by atoms with Crippen molar-refractivity contribution in [2.45, 2.75) is 64.5 Å². The van der Waals surface area contributed by atoms with Gasteiger partial charge in [-0.25, -0.2) is 4.79 Å². The van der Waals surface area contributed by atoms with Crippen molar-refractivity contribution in [3.05, 3.63) is 24.0 Å². The van der Waals surface area contributed by atoms with Gasteiger partial charge in [-0.05, 0) is 70.9 Å². The zero-order chi connectivity index (χ0) is 20.9. The van der Waals surface area contributed by atoms with Crippen LogP contribution in [0.2, 0.25) is 0 Å². The lowest BCUT2D eigenvalue weighted by molar-refractivity contribution is 0.0187. The summed E-state index contributed by atoms with van der Waals surface area (Å²) < 4.78 is 13.1. The van der Waals surface area contributed by atoms with Gasteiger partial charge in [-0.2, -0.15) is 0 Å². The number of ether oxygens (including phenoxy) is 2. The smallest absolute Gasteiger partial charge is 0.410 e. The van der Waals surface area contributed by atoms with E-state index in [0.29, 0.717) is 31.9 Å². The summed E-state index contributed by atoms with van der Waals surface area (Å²) in [5.74, 6) is 0.723. The van der Waals surface area contributed by atoms with Crippen molar-refractivity contribution in [2.24, 2.45) is 5.92 Å². The quantitative estimate of drug-likeness (QED) is 0.671. The Balaban J connectivity index is 1.42. The van der Waals surface area contributed by atoms with Gasteiger partial charge in [-0.3, -0.25) is 4.79 Å². The minimum absolute atomic E-state index is 0.0493. The molecule has 29 heavy (non-hydrogen) atoms. The molecule has 2 heterocycles. The van der Waals surface area contributed by atoms with Crippen LogP contribution in [0.4, 0.5) is 4.79 Å². The predicted molar refractivity (Wildman–Crippen MR) is 111 cm³/mol. The van der Waals surface area contributed by atoms with Crippen LogP contribution in [0.5, 0.6) is 0 Å². The second-order valence-corrected chi connectivity index (χ2v) is 9.13. The van der Waals surface area contributed by atoms with Crippen molar-refractivity contribution >= 4 is 12.0 Å². The van der Waals surface area contributed by atoms with E-state index in [2.05, 4.69) is 5.32 Å². The minimum Gasteiger partial charge on any atom is -0.444 e. The van der Waals surface area contributed by atoms with Crippen molar-refractivity contribution in [1.29, 1.82) is 0 Å². The number of likely N-dealkylation sites (tertiary alicyclic amines) is 1. The monoisotopic (exact) mass is 405 g/mol. The van der Waals surface area contributed by atoms with Gasteiger partial charge in [0.2, 0.25) is 0 Å². The molecule has 2 amide bonds. The Morgan fingerprint density at radius 2 is 1.90 bits per heavy atom. The maximum Gasteiger partial charge on any atom is 0.410 e. The fourth-order valence-electron chi connectivity index (χ4n) is 3.56. The second-order valence-electron chi connectivity index (χ2n) is 9.13. The second kappa shape index (κ2) is 9.65. The van der Waals surface area contributed by atoms with Gasteiger partial charge in [0, 0.05) is 45.1 Å². The van der Waals surface area contributed by atoms with E-state index in [-0.39, 0.29) is 18.0 Å². The summed E-state index contributed by atoms with van der Waals surface area (Å²) in [6, 6.07) is 3.99. The first-order chi connectivity index (χ1) is 13.8. The van der Waals surface area contributed by atoms with Crippen LogP contribution in [0.3, 0.4) is 0 Å². The molecule has 0 aromatic carbocycles. The summed E-state index contributed by atoms with van der Waals surface area (Å²) in [5, 5.41) is 3.00. The SMILES string of the molecule is CC(C)(C)OC(=O)N1CCC(n2cccc2C(=O)NCCCOCC2CC2)CC1. The van der Waals surface area contributed by atoms with Crippen molar-refractivity contribution < 1.29 is 19.1 Å². The predicted octanol–water partition coefficient (Wildman–Crippen LogP) is 3.61. The first kappa shape index (κ1) is 21.7. The van der Waals surface area contributed by atoms with E-state index in [1.807, 2.05) is 43.7 Å². The third-order valence-corrected chi connectivity index (χ3v) is 5.32. The number of carbonyl (C=O) groups is 2. The van der Waals surface area contributed by atoms with Crippen LogP contribution in [0, 0.1) is 5.92 Å². The summed E-state index contributed by atoms with van der Waals surface area (Å²) >= 11 is 0. The Morgan fingerprint density at radius 3 is 2.55 bits per heavy atom. The zero-order valence-electron chi connectivity index (χ0n) is 18.0. The standard InChI is InChI=1S/C22H35N3O4/c1-22(2,3)29-21(27)24-13-9-18(10-14-24)25-12-4-6-19(25)20(26)23-11-5-15-28-16-17-7-8-17/h4,6,12,17-18H,5,7-11,13-16H2,1-3H3,(H,23,26). The van der Waals surface area contributed by atoms with E-state index < -0.39 is 5.60 Å². The van der Waals surface area contributed by atoms with Crippen molar-refractivity contribution in [3.63, 3.8) is 0 Å². The molecule has 1 saturated heterocycles. The third-order valence-electron chi connectivity index (χ3n) is 5.32. The number of nitrogens with zero attached hydrogens (tertiary/aromatic N) is 2. The highest BCUT2D eigenvalue weighted by molar-refractivity contribution is 5.92. The number of aromatic nitrogens is 1. The lowest BCUT2D eigenvalue weighted by Crippen LogP contribution is -2.42. The molecule has 1 aliphatic heterocycles. The largest absolute Gasteiger partial charge is 0.444 e. The molecule has 7 nitrogen and oxygen atoms in total. The van der Waals surface area contributed by atoms with Gasteiger partial charge in [-0.15, -0.1) is 0 Å². The molecule has 0 bridgehead atoms. The number of hydrogen-bond donors (Lipinski definition) is 1. The molecule has 0 unspecified atom stereocenters. The number of carbonyl (C=O) groups excluding carboxylic acids is 2. The highest BCUT2D eigenvalue weighted by Crippen LogP contribution is 2.28. The first-order valence-electron chi connectivity index (χ1n) is 10.8. The van der Waals surface area contributed by atoms with Crippen LogP contribution >= 0.6 is 0 Å². The molecule has 0 radical (unpaired) electrons. The van der Waals surface area contributed by atoms with E-state index >= 15 is 0 Å². The van der Waals surface area contributed by atoms with Gasteiger partial charge in [0.25, 0.3) is 5.91 Å². The van der Waals surface area contributed by atoms with Crippen LogP contribution in [0.15, 0.2) is 18.3 Å². The van der Waals surface area contributed by atoms with Gasteiger partial charge in [-0.1, -0.05) is 0 Å². The number of hydrogen-bond acceptors (Lipinski definition) is 4. The molecule has 2 fully saturated rings. The summed E-state index contributed by atoms with van der Waals surface area (Å²) in [5.41, 5.74) is 0.197. The highest BCUT2D eigenvalue weighted by Gasteiger charge is 2.28. The van der Waals surface area contributed by atoms with Crippen LogP contribution < -0.4 is 5.32 Å². The van der Waals surface area contributed by atoms with Crippen molar-refractivity contribution in [1.82, 2.24) is 14.8 Å². The third kappa shape index (κ3) is 6.77. The number of amides is 2. The molecule has 3 rings (SSSR count). The fraction of sp³-hybridized carbons (Fsp3) is 0.727. The van der Waals surface area contributed by atoms with E-state index in [0.717, 1.165) is 31.8 Å². The van der Waals surface area contributed by atoms with E-state index in [1.165, 1.54) is 12.8 Å². The number of piperidine rings is 1. The Kier molecular flexibility index (Phi) is 7.22. The normalized spacial score (nSPS) is 18.0. The molecule has 1 saturated carbocycles. The molecular formula is C22H35N3O4. The number of nitrogens with one attached hydrogen (secondary N) is 1. The lowest BCUT2D eigenvalue weighted by atomic mass is 10.0. The van der Waals surface area contributed by atoms with Crippen LogP contribution in [0.25, 0.3) is 0 Å². The first-order valence-corrected chi connectivity index (χ1v) is 10.8. The molecule has 1 N–H and O–H groups in total. The van der Waals surface area contributed by atoms with Gasteiger partial charge >= 0.3 is 6.09 Å². The van der Waals surface area contributed by atoms with Crippen LogP contribution in [-0.4, -0.2) is 59.9 Å². The maximum absolute atomic E-state index is 12.6. The van der Waals surface area contributed by atoms with E-state index in [9.17, 15) is 9.59 Å². The summed E-state index contributed by atoms with van der Waals surface area (Å²) in [7, 11) is 0. The molecule has 1 aliphatic carbocycles. The maximum atomic E-state index is 12.6. The minimum atomic E-state index is -0.484. The van der Waals surface area contributed by atoms with Gasteiger partial charge in [0.05, 0.1) is 0 Å². The Bertz CT molecular complexity index is 682. The van der Waals surface area contributed by atoms with E-state index in [1.54, 1.807) is 4.90 Å². The van der Waals surface area contributed by atoms with Gasteiger partial charge in [0.1, 0.15) is 11.3 Å². The van der Waals surface area contributed by atoms with E-state index in [4.69, 9.17) is 9.47 Å². The average molecular weight is 406 g/mol. The molecular weight excluding hydrogens is 370 g/mol. The summed E-state index contributed by atoms with van der Waals surface area (Å²) in [6.07, 6.45) is 6.74. The summed E-state index contributed by atoms with van der Waals surface area (Å²) in [4.78, 5) is 26.6. The Hall–Kier alpha value is -2.02. The summed E-state index contributed by atoms with van der Waals surface area (Å²) in [6.45, 7) is 9.07. The lowest BCUT2D eigenvalue weighted by Gasteiger charge is -2.34. The van der Waals surface area contributed by atoms with Crippen molar-refractivity contribution in [2.75, 3.05) is 32.8 Å². The van der Waals surface area contributed by atoms with Crippen molar-refractivity contribution in [3.8, 4) is 0 Å². The molecule has 0 spiro atoms. The molecule has 1 aromatic heterocycles. The molecule has 162 valence electrons. The molecule has 0 atom stereocenters. The topological polar surface area (TPSA) is 72.8 Å². The van der Waals surface area contributed by atoms with Crippen LogP contribution in [-0.2, 0) is 9.47 Å². The molecule has 1 aromatic rings. The Labute approximate surface area is 173 Å². The fourth-order valence-corrected chi connectivity index (χ4v) is 3.56. The molecule has 7 heteroatoms. The van der Waals surface area contributed by atoms with Gasteiger partial charge in [0.15, 0.2) is 0 Å². The number of rotatable bonds is 8. The zero-order valence-corrected chi connectivity index (χ0v) is 18.0. The Morgan fingerprint density at radius 1 is 1.17 bits per heavy atom. The average Bonchev–Trinajstić information content (AvgIpc) is 3.36. The highest BCUT2D eigenvalue weighted by atomic mass is 16.6. The van der Waals surface area contributed by atoms with Crippen LogP contribution in [0.1, 0.15) is 69.4 Å². The van der Waals surface area contributed by atoms with Gasteiger partial charge < -0.3 is 24.3 Å².